The molecule has 1 fully saturated rings. The molecule has 174 valence electrons. The highest BCUT2D eigenvalue weighted by Crippen LogP contribution is 2.32. The molecular formula is C22H26N6O5. The summed E-state index contributed by atoms with van der Waals surface area (Å²) in [6, 6.07) is 4.12. The molecule has 1 saturated heterocycles. The largest absolute Gasteiger partial charge is 0.342 e. The van der Waals surface area contributed by atoms with Crippen molar-refractivity contribution in [1.82, 2.24) is 9.97 Å². The van der Waals surface area contributed by atoms with Gasteiger partial charge in [0.2, 0.25) is 17.8 Å². The predicted octanol–water partition coefficient (Wildman–Crippen LogP) is 2.53. The molecule has 0 saturated carbocycles. The molecule has 1 aromatic carbocycles. The summed E-state index contributed by atoms with van der Waals surface area (Å²) in [4.78, 5) is 58.3. The third kappa shape index (κ3) is 4.57. The lowest BCUT2D eigenvalue weighted by atomic mass is 9.91. The number of amides is 2. The molecule has 2 aliphatic rings. The second kappa shape index (κ2) is 8.64. The van der Waals surface area contributed by atoms with Crippen molar-refractivity contribution in [2.75, 3.05) is 28.6 Å². The first-order chi connectivity index (χ1) is 15.6. The fourth-order valence-electron chi connectivity index (χ4n) is 4.65. The monoisotopic (exact) mass is 454 g/mol. The Morgan fingerprint density at radius 2 is 1.94 bits per heavy atom. The smallest absolute Gasteiger partial charge is 0.271 e. The van der Waals surface area contributed by atoms with Crippen molar-refractivity contribution in [3.05, 3.63) is 49.8 Å². The maximum atomic E-state index is 13.1. The van der Waals surface area contributed by atoms with Crippen molar-refractivity contribution in [3.8, 4) is 0 Å². The number of nitro benzene ring substituents is 1. The van der Waals surface area contributed by atoms with E-state index < -0.39 is 28.2 Å². The number of rotatable bonds is 4. The molecule has 3 atom stereocenters. The van der Waals surface area contributed by atoms with Crippen LogP contribution in [0.1, 0.15) is 43.7 Å². The fraction of sp³-hybridized carbons (Fsp3) is 0.455. The second-order valence-corrected chi connectivity index (χ2v) is 9.05. The number of carbonyl (C=O) groups excluding carboxylic acids is 2. The van der Waals surface area contributed by atoms with Crippen molar-refractivity contribution in [2.45, 2.75) is 39.5 Å². The molecule has 2 aliphatic heterocycles. The van der Waals surface area contributed by atoms with E-state index in [0.29, 0.717) is 23.3 Å². The topological polar surface area (TPSA) is 150 Å². The van der Waals surface area contributed by atoms with Gasteiger partial charge in [-0.3, -0.25) is 29.5 Å². The molecule has 0 spiro atoms. The zero-order chi connectivity index (χ0) is 23.9. The van der Waals surface area contributed by atoms with E-state index in [1.165, 1.54) is 18.2 Å². The van der Waals surface area contributed by atoms with Crippen LogP contribution in [-0.2, 0) is 9.59 Å². The number of nitrogens with zero attached hydrogens (tertiary/aromatic N) is 3. The van der Waals surface area contributed by atoms with Crippen molar-refractivity contribution >= 4 is 35.0 Å². The maximum Gasteiger partial charge on any atom is 0.271 e. The van der Waals surface area contributed by atoms with Gasteiger partial charge in [0.15, 0.2) is 0 Å². The van der Waals surface area contributed by atoms with Gasteiger partial charge in [-0.15, -0.1) is 0 Å². The number of fused-ring (bicyclic) bond motifs is 1. The number of aromatic amines is 1. The van der Waals surface area contributed by atoms with Gasteiger partial charge in [-0.2, -0.15) is 4.98 Å². The van der Waals surface area contributed by atoms with Crippen LogP contribution in [0.4, 0.5) is 23.1 Å². The van der Waals surface area contributed by atoms with Crippen molar-refractivity contribution < 1.29 is 14.5 Å². The predicted molar refractivity (Wildman–Crippen MR) is 122 cm³/mol. The number of carbonyl (C=O) groups is 2. The van der Waals surface area contributed by atoms with Gasteiger partial charge in [-0.05, 0) is 30.7 Å². The number of aromatic nitrogens is 2. The number of aryl methyl sites for hydroxylation is 1. The molecule has 3 heterocycles. The quantitative estimate of drug-likeness (QED) is 0.474. The Hall–Kier alpha value is -3.76. The highest BCUT2D eigenvalue weighted by Gasteiger charge is 2.36. The summed E-state index contributed by atoms with van der Waals surface area (Å²) in [7, 11) is 0. The number of non-ortho nitro benzene ring substituents is 1. The van der Waals surface area contributed by atoms with Crippen LogP contribution in [0.25, 0.3) is 0 Å². The molecule has 1 aromatic heterocycles. The first kappa shape index (κ1) is 22.4. The van der Waals surface area contributed by atoms with Gasteiger partial charge in [0.1, 0.15) is 5.82 Å². The average Bonchev–Trinajstić information content (AvgIpc) is 2.73. The van der Waals surface area contributed by atoms with Gasteiger partial charge in [-0.1, -0.05) is 19.9 Å². The molecule has 0 aliphatic carbocycles. The van der Waals surface area contributed by atoms with Crippen LogP contribution >= 0.6 is 0 Å². The number of nitrogens with one attached hydrogen (secondary N) is 3. The molecule has 0 bridgehead atoms. The van der Waals surface area contributed by atoms with Crippen LogP contribution in [0.2, 0.25) is 0 Å². The zero-order valence-corrected chi connectivity index (χ0v) is 18.7. The number of H-pyrrole nitrogens is 1. The molecule has 4 rings (SSSR count). The molecule has 11 nitrogen and oxygen atoms in total. The minimum atomic E-state index is -1.07. The van der Waals surface area contributed by atoms with Crippen LogP contribution < -0.4 is 21.1 Å². The molecule has 11 heteroatoms. The van der Waals surface area contributed by atoms with E-state index in [4.69, 9.17) is 0 Å². The molecule has 33 heavy (non-hydrogen) atoms. The SMILES string of the molecule is Cc1ccc([N+](=O)[O-])cc1NC(=O)[C@H]1CC(=O)Nc2nc(N3C[C@H](C)C[C@H](C)C3)[nH]c(=O)c21. The molecule has 3 N–H and O–H groups in total. The van der Waals surface area contributed by atoms with Gasteiger partial charge >= 0.3 is 0 Å². The Balaban J connectivity index is 1.65. The van der Waals surface area contributed by atoms with Crippen molar-refractivity contribution in [1.29, 1.82) is 0 Å². The lowest BCUT2D eigenvalue weighted by Crippen LogP contribution is -2.42. The second-order valence-electron chi connectivity index (χ2n) is 9.05. The minimum absolute atomic E-state index is 0.0757. The first-order valence-electron chi connectivity index (χ1n) is 10.9. The minimum Gasteiger partial charge on any atom is -0.342 e. The molecule has 0 unspecified atom stereocenters. The molecule has 2 amide bonds. The highest BCUT2D eigenvalue weighted by molar-refractivity contribution is 6.04. The van der Waals surface area contributed by atoms with Crippen molar-refractivity contribution in [2.24, 2.45) is 11.8 Å². The number of hydrogen-bond acceptors (Lipinski definition) is 7. The summed E-state index contributed by atoms with van der Waals surface area (Å²) in [5.74, 6) is -0.794. The van der Waals surface area contributed by atoms with Gasteiger partial charge in [-0.25, -0.2) is 0 Å². The van der Waals surface area contributed by atoms with Crippen LogP contribution in [0.15, 0.2) is 23.0 Å². The normalized spacial score (nSPS) is 22.3. The van der Waals surface area contributed by atoms with Gasteiger partial charge in [0.25, 0.3) is 11.2 Å². The number of anilines is 3. The maximum absolute atomic E-state index is 13.1. The van der Waals surface area contributed by atoms with Crippen molar-refractivity contribution in [3.63, 3.8) is 0 Å². The van der Waals surface area contributed by atoms with E-state index in [2.05, 4.69) is 34.4 Å². The summed E-state index contributed by atoms with van der Waals surface area (Å²) >= 11 is 0. The Bertz CT molecular complexity index is 1180. The summed E-state index contributed by atoms with van der Waals surface area (Å²) in [5.41, 5.74) is 0.282. The van der Waals surface area contributed by atoms with E-state index >= 15 is 0 Å². The van der Waals surface area contributed by atoms with E-state index in [-0.39, 0.29) is 29.2 Å². The van der Waals surface area contributed by atoms with Gasteiger partial charge in [0, 0.05) is 31.6 Å². The summed E-state index contributed by atoms with van der Waals surface area (Å²) < 4.78 is 0. The Morgan fingerprint density at radius 1 is 1.24 bits per heavy atom. The molecule has 2 aromatic rings. The number of hydrogen-bond donors (Lipinski definition) is 3. The Morgan fingerprint density at radius 3 is 2.61 bits per heavy atom. The lowest BCUT2D eigenvalue weighted by Gasteiger charge is -2.35. The first-order valence-corrected chi connectivity index (χ1v) is 10.9. The van der Waals surface area contributed by atoms with E-state index in [0.717, 1.165) is 19.5 Å². The van der Waals surface area contributed by atoms with Gasteiger partial charge < -0.3 is 15.5 Å². The fourth-order valence-corrected chi connectivity index (χ4v) is 4.65. The average molecular weight is 454 g/mol. The standard InChI is InChI=1S/C22H26N6O5/c1-11-6-12(2)10-27(9-11)22-25-19-18(21(31)26-22)15(8-17(29)24-19)20(30)23-16-7-14(28(32)33)5-4-13(16)3/h4-5,7,11-12,15H,6,8-10H2,1-3H3,(H,23,30)(H2,24,25,26,29,31)/t11-,12+,15-/m0/s1. The van der Waals surface area contributed by atoms with E-state index in [9.17, 15) is 24.5 Å². The summed E-state index contributed by atoms with van der Waals surface area (Å²) in [6.07, 6.45) is 0.858. The van der Waals surface area contributed by atoms with E-state index in [1.807, 2.05) is 4.90 Å². The van der Waals surface area contributed by atoms with E-state index in [1.54, 1.807) is 6.92 Å². The lowest BCUT2D eigenvalue weighted by molar-refractivity contribution is -0.384. The van der Waals surface area contributed by atoms with Crippen LogP contribution in [0.3, 0.4) is 0 Å². The van der Waals surface area contributed by atoms with Crippen LogP contribution in [0.5, 0.6) is 0 Å². The van der Waals surface area contributed by atoms with Crippen LogP contribution in [0, 0.1) is 28.9 Å². The third-order valence-electron chi connectivity index (χ3n) is 6.11. The Labute approximate surface area is 189 Å². The Kier molecular flexibility index (Phi) is 5.88. The molecular weight excluding hydrogens is 428 g/mol. The summed E-state index contributed by atoms with van der Waals surface area (Å²) in [5, 5.41) is 16.3. The summed E-state index contributed by atoms with van der Waals surface area (Å²) in [6.45, 7) is 7.43. The molecule has 0 radical (unpaired) electrons. The number of piperidine rings is 1. The number of benzene rings is 1. The highest BCUT2D eigenvalue weighted by atomic mass is 16.6. The van der Waals surface area contributed by atoms with Gasteiger partial charge in [0.05, 0.1) is 22.1 Å². The van der Waals surface area contributed by atoms with Crippen LogP contribution in [-0.4, -0.2) is 39.8 Å². The zero-order valence-electron chi connectivity index (χ0n) is 18.7. The number of nitro groups is 1. The third-order valence-corrected chi connectivity index (χ3v) is 6.11.